The van der Waals surface area contributed by atoms with Crippen molar-refractivity contribution in [3.63, 3.8) is 0 Å². The van der Waals surface area contributed by atoms with Crippen LogP contribution < -0.4 is 0 Å². The number of hydrogen-bond acceptors (Lipinski definition) is 3. The summed E-state index contributed by atoms with van der Waals surface area (Å²) in [7, 11) is 0. The summed E-state index contributed by atoms with van der Waals surface area (Å²) in [5, 5.41) is 17.2. The molecule has 0 amide bonds. The number of hydrogen-bond donors (Lipinski definition) is 2. The van der Waals surface area contributed by atoms with Gasteiger partial charge in [0.25, 0.3) is 5.78 Å². The van der Waals surface area contributed by atoms with E-state index in [4.69, 9.17) is 10.2 Å². The molecule has 0 saturated carbocycles. The summed E-state index contributed by atoms with van der Waals surface area (Å²) in [5.74, 6) is -4.39. The topological polar surface area (TPSA) is 74.6 Å². The van der Waals surface area contributed by atoms with Crippen LogP contribution in [0.3, 0.4) is 0 Å². The van der Waals surface area contributed by atoms with E-state index in [2.05, 4.69) is 0 Å². The van der Waals surface area contributed by atoms with Crippen molar-refractivity contribution in [1.82, 2.24) is 0 Å². The molecule has 0 fully saturated rings. The van der Waals surface area contributed by atoms with Crippen molar-refractivity contribution in [3.05, 3.63) is 29.3 Å². The lowest BCUT2D eigenvalue weighted by molar-refractivity contribution is -0.139. The lowest BCUT2D eigenvalue weighted by Crippen LogP contribution is -2.14. The average Bonchev–Trinajstić information content (AvgIpc) is 2.15. The van der Waals surface area contributed by atoms with Gasteiger partial charge in [-0.25, -0.2) is 4.79 Å². The second-order valence-corrected chi connectivity index (χ2v) is 2.86. The Labute approximate surface area is 86.9 Å². The van der Waals surface area contributed by atoms with Crippen molar-refractivity contribution in [2.75, 3.05) is 0 Å². The normalized spacial score (nSPS) is 11.2. The molecule has 0 saturated heterocycles. The average molecular weight is 234 g/mol. The number of carbonyl (C=O) groups excluding carboxylic acids is 1. The molecule has 2 N–H and O–H groups in total. The Morgan fingerprint density at radius 2 is 1.75 bits per heavy atom. The number of ketones is 1. The van der Waals surface area contributed by atoms with Crippen LogP contribution in [-0.4, -0.2) is 22.0 Å². The van der Waals surface area contributed by atoms with E-state index in [1.54, 1.807) is 0 Å². The molecule has 1 aromatic carbocycles. The number of Topliss-reactive ketones (excluding diaryl/α,β-unsaturated/α-hetero) is 1. The number of alkyl halides is 3. The maximum atomic E-state index is 12.3. The zero-order chi connectivity index (χ0) is 12.5. The Kier molecular flexibility index (Phi) is 2.88. The van der Waals surface area contributed by atoms with E-state index >= 15 is 0 Å². The molecule has 0 aliphatic rings. The van der Waals surface area contributed by atoms with Gasteiger partial charge in [-0.15, -0.1) is 0 Å². The van der Waals surface area contributed by atoms with E-state index in [-0.39, 0.29) is 0 Å². The van der Waals surface area contributed by atoms with Crippen molar-refractivity contribution >= 4 is 11.8 Å². The molecule has 0 aliphatic heterocycles. The standard InChI is InChI=1S/C9H5F3O4/c10-9(11,12)5-3-4(1-2-6(5)13)7(14)8(15)16/h1-3,13H,(H,15,16). The molecule has 0 radical (unpaired) electrons. The number of phenolic OH excluding ortho intramolecular Hbond substituents is 1. The van der Waals surface area contributed by atoms with Gasteiger partial charge in [0.15, 0.2) is 0 Å². The van der Waals surface area contributed by atoms with Crippen LogP contribution in [0.15, 0.2) is 18.2 Å². The Balaban J connectivity index is 3.28. The number of halogens is 3. The molecule has 86 valence electrons. The molecule has 0 aromatic heterocycles. The van der Waals surface area contributed by atoms with Gasteiger partial charge in [-0.3, -0.25) is 4.79 Å². The summed E-state index contributed by atoms with van der Waals surface area (Å²) in [6.07, 6.45) is -4.85. The lowest BCUT2D eigenvalue weighted by atomic mass is 10.1. The molecule has 4 nitrogen and oxygen atoms in total. The van der Waals surface area contributed by atoms with Crippen LogP contribution in [0.4, 0.5) is 13.2 Å². The molecule has 0 aliphatic carbocycles. The molecule has 16 heavy (non-hydrogen) atoms. The molecule has 0 heterocycles. The number of aromatic hydroxyl groups is 1. The van der Waals surface area contributed by atoms with Gasteiger partial charge in [-0.1, -0.05) is 0 Å². The Morgan fingerprint density at radius 1 is 1.19 bits per heavy atom. The fourth-order valence-electron chi connectivity index (χ4n) is 1.03. The maximum Gasteiger partial charge on any atom is 0.419 e. The van der Waals surface area contributed by atoms with Gasteiger partial charge in [0.1, 0.15) is 5.75 Å². The quantitative estimate of drug-likeness (QED) is 0.603. The summed E-state index contributed by atoms with van der Waals surface area (Å²) >= 11 is 0. The highest BCUT2D eigenvalue weighted by Crippen LogP contribution is 2.36. The van der Waals surface area contributed by atoms with Crippen LogP contribution in [0.5, 0.6) is 5.75 Å². The summed E-state index contributed by atoms with van der Waals surface area (Å²) in [5.41, 5.74) is -2.09. The van der Waals surface area contributed by atoms with Gasteiger partial charge in [-0.2, -0.15) is 13.2 Å². The van der Waals surface area contributed by atoms with E-state index in [1.807, 2.05) is 0 Å². The first-order valence-corrected chi connectivity index (χ1v) is 3.91. The van der Waals surface area contributed by atoms with E-state index in [0.29, 0.717) is 12.1 Å². The van der Waals surface area contributed by atoms with Crippen LogP contribution in [-0.2, 0) is 11.0 Å². The van der Waals surface area contributed by atoms with Gasteiger partial charge in [0.2, 0.25) is 0 Å². The van der Waals surface area contributed by atoms with Gasteiger partial charge in [-0.05, 0) is 18.2 Å². The number of carbonyl (C=O) groups is 2. The van der Waals surface area contributed by atoms with Gasteiger partial charge in [0, 0.05) is 5.56 Å². The van der Waals surface area contributed by atoms with E-state index in [0.717, 1.165) is 6.07 Å². The molecule has 7 heteroatoms. The zero-order valence-electron chi connectivity index (χ0n) is 7.58. The summed E-state index contributed by atoms with van der Waals surface area (Å²) < 4.78 is 36.8. The minimum absolute atomic E-state index is 0.297. The molecular weight excluding hydrogens is 229 g/mol. The monoisotopic (exact) mass is 234 g/mol. The van der Waals surface area contributed by atoms with Gasteiger partial charge < -0.3 is 10.2 Å². The molecule has 1 rings (SSSR count). The van der Waals surface area contributed by atoms with Crippen LogP contribution in [0.1, 0.15) is 15.9 Å². The van der Waals surface area contributed by atoms with Crippen molar-refractivity contribution in [1.29, 1.82) is 0 Å². The first kappa shape index (κ1) is 12.0. The zero-order valence-corrected chi connectivity index (χ0v) is 7.58. The summed E-state index contributed by atoms with van der Waals surface area (Å²) in [4.78, 5) is 21.1. The van der Waals surface area contributed by atoms with E-state index in [9.17, 15) is 22.8 Å². The van der Waals surface area contributed by atoms with E-state index < -0.39 is 34.8 Å². The highest BCUT2D eigenvalue weighted by atomic mass is 19.4. The first-order chi connectivity index (χ1) is 7.23. The predicted octanol–water partition coefficient (Wildman–Crippen LogP) is 1.68. The Morgan fingerprint density at radius 3 is 2.19 bits per heavy atom. The minimum atomic E-state index is -4.85. The number of carboxylic acids is 1. The molecule has 0 bridgehead atoms. The van der Waals surface area contributed by atoms with Gasteiger partial charge in [0.05, 0.1) is 5.56 Å². The largest absolute Gasteiger partial charge is 0.507 e. The van der Waals surface area contributed by atoms with Gasteiger partial charge >= 0.3 is 12.1 Å². The van der Waals surface area contributed by atoms with Crippen LogP contribution >= 0.6 is 0 Å². The predicted molar refractivity (Wildman–Crippen MR) is 45.1 cm³/mol. The first-order valence-electron chi connectivity index (χ1n) is 3.91. The smallest absolute Gasteiger partial charge is 0.419 e. The van der Waals surface area contributed by atoms with Crippen molar-refractivity contribution in [2.45, 2.75) is 6.18 Å². The number of carboxylic acid groups (broad SMARTS) is 1. The second-order valence-electron chi connectivity index (χ2n) is 2.86. The van der Waals surface area contributed by atoms with Crippen molar-refractivity contribution in [3.8, 4) is 5.75 Å². The molecular formula is C9H5F3O4. The van der Waals surface area contributed by atoms with Crippen LogP contribution in [0.25, 0.3) is 0 Å². The van der Waals surface area contributed by atoms with E-state index in [1.165, 1.54) is 0 Å². The van der Waals surface area contributed by atoms with Crippen molar-refractivity contribution < 1.29 is 33.0 Å². The lowest BCUT2D eigenvalue weighted by Gasteiger charge is -2.09. The number of aliphatic carboxylic acids is 1. The minimum Gasteiger partial charge on any atom is -0.507 e. The Bertz CT molecular complexity index is 451. The number of rotatable bonds is 2. The molecule has 1 aromatic rings. The fraction of sp³-hybridized carbons (Fsp3) is 0.111. The number of benzene rings is 1. The van der Waals surface area contributed by atoms with Crippen LogP contribution in [0, 0.1) is 0 Å². The highest BCUT2D eigenvalue weighted by molar-refractivity contribution is 6.39. The number of phenols is 1. The molecule has 0 unspecified atom stereocenters. The fourth-order valence-corrected chi connectivity index (χ4v) is 1.03. The van der Waals surface area contributed by atoms with Crippen molar-refractivity contribution in [2.24, 2.45) is 0 Å². The maximum absolute atomic E-state index is 12.3. The third-order valence-electron chi connectivity index (χ3n) is 1.76. The van der Waals surface area contributed by atoms with Crippen LogP contribution in [0.2, 0.25) is 0 Å². The molecule has 0 spiro atoms. The summed E-state index contributed by atoms with van der Waals surface area (Å²) in [6, 6.07) is 1.73. The highest BCUT2D eigenvalue weighted by Gasteiger charge is 2.34. The Hall–Kier alpha value is -2.05. The third-order valence-corrected chi connectivity index (χ3v) is 1.76. The summed E-state index contributed by atoms with van der Waals surface area (Å²) in [6.45, 7) is 0. The third kappa shape index (κ3) is 2.30. The SMILES string of the molecule is O=C(O)C(=O)c1ccc(O)c(C(F)(F)F)c1. The molecule has 0 atom stereocenters. The second kappa shape index (κ2) is 3.84.